The number of hydrogen-bond acceptors (Lipinski definition) is 4. The SMILES string of the molecule is CCCCOc1cccc(C(=O)NC(=S)Nc2cccc(C(=O)N3CCCCC3)c2)c1. The number of amides is 2. The Labute approximate surface area is 189 Å². The van der Waals surface area contributed by atoms with E-state index in [2.05, 4.69) is 17.6 Å². The summed E-state index contributed by atoms with van der Waals surface area (Å²) in [6.45, 7) is 4.31. The number of likely N-dealkylation sites (tertiary alicyclic amines) is 1. The molecule has 31 heavy (non-hydrogen) atoms. The normalized spacial score (nSPS) is 13.4. The summed E-state index contributed by atoms with van der Waals surface area (Å²) in [5.41, 5.74) is 1.73. The zero-order chi connectivity index (χ0) is 22.1. The highest BCUT2D eigenvalue weighted by Crippen LogP contribution is 2.17. The first-order valence-corrected chi connectivity index (χ1v) is 11.2. The molecule has 0 saturated carbocycles. The molecule has 2 amide bonds. The third-order valence-electron chi connectivity index (χ3n) is 5.10. The van der Waals surface area contributed by atoms with Crippen molar-refractivity contribution < 1.29 is 14.3 Å². The molecule has 1 saturated heterocycles. The Balaban J connectivity index is 1.57. The van der Waals surface area contributed by atoms with E-state index in [1.54, 1.807) is 36.4 Å². The number of thiocarbonyl (C=S) groups is 1. The van der Waals surface area contributed by atoms with Gasteiger partial charge in [-0.1, -0.05) is 25.5 Å². The quantitative estimate of drug-likeness (QED) is 0.487. The number of nitrogens with one attached hydrogen (secondary N) is 2. The Bertz CT molecular complexity index is 926. The van der Waals surface area contributed by atoms with E-state index in [0.717, 1.165) is 38.8 Å². The Morgan fingerprint density at radius 2 is 1.77 bits per heavy atom. The van der Waals surface area contributed by atoms with E-state index < -0.39 is 0 Å². The molecule has 0 unspecified atom stereocenters. The van der Waals surface area contributed by atoms with E-state index in [9.17, 15) is 9.59 Å². The highest BCUT2D eigenvalue weighted by molar-refractivity contribution is 7.80. The van der Waals surface area contributed by atoms with Gasteiger partial charge >= 0.3 is 0 Å². The lowest BCUT2D eigenvalue weighted by Crippen LogP contribution is -2.36. The van der Waals surface area contributed by atoms with Crippen molar-refractivity contribution in [3.8, 4) is 5.75 Å². The van der Waals surface area contributed by atoms with Gasteiger partial charge in [-0.2, -0.15) is 0 Å². The van der Waals surface area contributed by atoms with Gasteiger partial charge in [0.25, 0.3) is 11.8 Å². The molecule has 6 nitrogen and oxygen atoms in total. The van der Waals surface area contributed by atoms with Crippen LogP contribution in [0, 0.1) is 0 Å². The number of carbonyl (C=O) groups is 2. The maximum atomic E-state index is 12.7. The summed E-state index contributed by atoms with van der Waals surface area (Å²) < 4.78 is 5.66. The molecule has 164 valence electrons. The summed E-state index contributed by atoms with van der Waals surface area (Å²) in [4.78, 5) is 27.2. The molecule has 3 rings (SSSR count). The van der Waals surface area contributed by atoms with Crippen LogP contribution in [0.2, 0.25) is 0 Å². The predicted molar refractivity (Wildman–Crippen MR) is 127 cm³/mol. The van der Waals surface area contributed by atoms with E-state index in [-0.39, 0.29) is 16.9 Å². The topological polar surface area (TPSA) is 70.7 Å². The minimum atomic E-state index is -0.320. The van der Waals surface area contributed by atoms with Crippen molar-refractivity contribution in [2.75, 3.05) is 25.0 Å². The Morgan fingerprint density at radius 1 is 1.03 bits per heavy atom. The van der Waals surface area contributed by atoms with Crippen LogP contribution >= 0.6 is 12.2 Å². The maximum absolute atomic E-state index is 12.7. The van der Waals surface area contributed by atoms with Gasteiger partial charge in [0.15, 0.2) is 5.11 Å². The van der Waals surface area contributed by atoms with Crippen molar-refractivity contribution in [1.29, 1.82) is 0 Å². The molecule has 1 heterocycles. The molecule has 0 atom stereocenters. The molecule has 1 fully saturated rings. The second-order valence-corrected chi connectivity index (χ2v) is 7.98. The molecular weight excluding hydrogens is 410 g/mol. The van der Waals surface area contributed by atoms with Gasteiger partial charge < -0.3 is 15.0 Å². The Morgan fingerprint density at radius 3 is 2.55 bits per heavy atom. The van der Waals surface area contributed by atoms with Crippen LogP contribution in [0.3, 0.4) is 0 Å². The largest absolute Gasteiger partial charge is 0.494 e. The first-order chi connectivity index (χ1) is 15.1. The number of benzene rings is 2. The molecule has 0 aliphatic carbocycles. The fourth-order valence-corrected chi connectivity index (χ4v) is 3.62. The standard InChI is InChI=1S/C24H29N3O3S/c1-2-3-15-30-21-12-8-9-18(17-21)22(28)26-24(31)25-20-11-7-10-19(16-20)23(29)27-13-5-4-6-14-27/h7-12,16-17H,2-6,13-15H2,1H3,(H2,25,26,28,31). The van der Waals surface area contributed by atoms with Gasteiger partial charge in [0.1, 0.15) is 5.75 Å². The van der Waals surface area contributed by atoms with E-state index >= 15 is 0 Å². The minimum Gasteiger partial charge on any atom is -0.494 e. The Hall–Kier alpha value is -2.93. The van der Waals surface area contributed by atoms with Gasteiger partial charge in [0, 0.05) is 29.9 Å². The van der Waals surface area contributed by atoms with E-state index in [0.29, 0.717) is 29.2 Å². The van der Waals surface area contributed by atoms with E-state index in [1.165, 1.54) is 6.42 Å². The van der Waals surface area contributed by atoms with E-state index in [1.807, 2.05) is 17.0 Å². The fraction of sp³-hybridized carbons (Fsp3) is 0.375. The molecule has 2 N–H and O–H groups in total. The number of piperidine rings is 1. The summed E-state index contributed by atoms with van der Waals surface area (Å²) in [6.07, 6.45) is 5.27. The van der Waals surface area contributed by atoms with Gasteiger partial charge in [0.2, 0.25) is 0 Å². The summed E-state index contributed by atoms with van der Waals surface area (Å²) in [7, 11) is 0. The van der Waals surface area contributed by atoms with E-state index in [4.69, 9.17) is 17.0 Å². The second kappa shape index (κ2) is 11.5. The zero-order valence-electron chi connectivity index (χ0n) is 17.9. The first kappa shape index (κ1) is 22.7. The fourth-order valence-electron chi connectivity index (χ4n) is 3.41. The molecule has 0 radical (unpaired) electrons. The smallest absolute Gasteiger partial charge is 0.257 e. The highest BCUT2D eigenvalue weighted by atomic mass is 32.1. The molecule has 2 aromatic carbocycles. The zero-order valence-corrected chi connectivity index (χ0v) is 18.7. The molecule has 1 aliphatic heterocycles. The number of hydrogen-bond donors (Lipinski definition) is 2. The molecule has 2 aromatic rings. The number of nitrogens with zero attached hydrogens (tertiary/aromatic N) is 1. The monoisotopic (exact) mass is 439 g/mol. The Kier molecular flexibility index (Phi) is 8.41. The average molecular weight is 440 g/mol. The lowest BCUT2D eigenvalue weighted by Gasteiger charge is -2.26. The minimum absolute atomic E-state index is 0.0261. The second-order valence-electron chi connectivity index (χ2n) is 7.57. The summed E-state index contributed by atoms with van der Waals surface area (Å²) >= 11 is 5.30. The summed E-state index contributed by atoms with van der Waals surface area (Å²) in [5, 5.41) is 5.85. The van der Waals surface area contributed by atoms with Crippen LogP contribution in [-0.4, -0.2) is 41.5 Å². The third-order valence-corrected chi connectivity index (χ3v) is 5.30. The number of anilines is 1. The lowest BCUT2D eigenvalue weighted by molar-refractivity contribution is 0.0724. The molecule has 0 aromatic heterocycles. The average Bonchev–Trinajstić information content (AvgIpc) is 2.79. The van der Waals surface area contributed by atoms with Gasteiger partial charge in [0.05, 0.1) is 6.61 Å². The lowest BCUT2D eigenvalue weighted by atomic mass is 10.1. The number of carbonyl (C=O) groups excluding carboxylic acids is 2. The number of rotatable bonds is 7. The third kappa shape index (κ3) is 6.79. The van der Waals surface area contributed by atoms with Crippen LogP contribution in [0.25, 0.3) is 0 Å². The van der Waals surface area contributed by atoms with Gasteiger partial charge in [-0.05, 0) is 74.3 Å². The van der Waals surface area contributed by atoms with Gasteiger partial charge in [-0.15, -0.1) is 0 Å². The van der Waals surface area contributed by atoms with Crippen LogP contribution in [0.1, 0.15) is 59.7 Å². The highest BCUT2D eigenvalue weighted by Gasteiger charge is 2.18. The molecular formula is C24H29N3O3S. The van der Waals surface area contributed by atoms with Crippen molar-refractivity contribution in [3.63, 3.8) is 0 Å². The molecule has 0 bridgehead atoms. The van der Waals surface area contributed by atoms with Crippen molar-refractivity contribution >= 4 is 34.8 Å². The van der Waals surface area contributed by atoms with Gasteiger partial charge in [-0.25, -0.2) is 0 Å². The van der Waals surface area contributed by atoms with Crippen LogP contribution in [0.4, 0.5) is 5.69 Å². The molecule has 1 aliphatic rings. The van der Waals surface area contributed by atoms with Crippen LogP contribution in [0.15, 0.2) is 48.5 Å². The van der Waals surface area contributed by atoms with Crippen LogP contribution < -0.4 is 15.4 Å². The molecule has 7 heteroatoms. The summed E-state index contributed by atoms with van der Waals surface area (Å²) in [6, 6.07) is 14.2. The van der Waals surface area contributed by atoms with Crippen LogP contribution in [-0.2, 0) is 0 Å². The van der Waals surface area contributed by atoms with Gasteiger partial charge in [-0.3, -0.25) is 14.9 Å². The van der Waals surface area contributed by atoms with Crippen LogP contribution in [0.5, 0.6) is 5.75 Å². The van der Waals surface area contributed by atoms with Crippen molar-refractivity contribution in [3.05, 3.63) is 59.7 Å². The summed E-state index contributed by atoms with van der Waals surface area (Å²) in [5.74, 6) is 0.362. The number of ether oxygens (including phenoxy) is 1. The predicted octanol–water partition coefficient (Wildman–Crippen LogP) is 4.62. The van der Waals surface area contributed by atoms with Crippen molar-refractivity contribution in [1.82, 2.24) is 10.2 Å². The number of unbranched alkanes of at least 4 members (excludes halogenated alkanes) is 1. The first-order valence-electron chi connectivity index (χ1n) is 10.8. The van der Waals surface area contributed by atoms with Crippen molar-refractivity contribution in [2.45, 2.75) is 39.0 Å². The maximum Gasteiger partial charge on any atom is 0.257 e. The van der Waals surface area contributed by atoms with Crippen molar-refractivity contribution in [2.24, 2.45) is 0 Å². The molecule has 0 spiro atoms.